The summed E-state index contributed by atoms with van der Waals surface area (Å²) in [5, 5.41) is 0. The van der Waals surface area contributed by atoms with Crippen LogP contribution in [0.15, 0.2) is 84.5 Å². The fourth-order valence-corrected chi connectivity index (χ4v) is 7.12. The molecule has 3 aromatic rings. The van der Waals surface area contributed by atoms with Gasteiger partial charge in [-0.2, -0.15) is 17.2 Å². The van der Waals surface area contributed by atoms with Gasteiger partial charge in [0.15, 0.2) is 0 Å². The Morgan fingerprint density at radius 3 is 1.87 bits per heavy atom. The molecule has 0 radical (unpaired) electrons. The maximum absolute atomic E-state index is 3.16. The zero-order valence-corrected chi connectivity index (χ0v) is 33.0. The zero-order valence-electron chi connectivity index (χ0n) is 29.0. The normalized spacial score (nSPS) is 17.2. The van der Waals surface area contributed by atoms with Crippen LogP contribution in [-0.4, -0.2) is 3.71 Å². The molecule has 7 rings (SSSR count). The van der Waals surface area contributed by atoms with Gasteiger partial charge in [0.25, 0.3) is 0 Å². The number of allylic oxidation sites excluding steroid dienone is 8. The molecule has 4 aliphatic carbocycles. The molecular formula is C43H48Cl2Zr-2. The third kappa shape index (κ3) is 8.09. The van der Waals surface area contributed by atoms with E-state index in [1.807, 2.05) is 6.07 Å². The summed E-state index contributed by atoms with van der Waals surface area (Å²) in [4.78, 5) is 0. The molecule has 0 saturated heterocycles. The maximum atomic E-state index is 3.16. The molecule has 4 aliphatic rings. The van der Waals surface area contributed by atoms with E-state index in [1.165, 1.54) is 91.0 Å². The average Bonchev–Trinajstić information content (AvgIpc) is 3.66. The SMILES string of the molecule is CC(C)(C)C1=CC[C-]=C1.CC1=C[CH-]C(C)(C)c2cc3c(cc21)-c1cc2c(cc1C3)C(C)(C)CC=C2C.[Cl-].[Cl-].[Zr+2]=[CH]c1ccccc1. The van der Waals surface area contributed by atoms with Crippen LogP contribution in [-0.2, 0) is 41.5 Å². The Bertz CT molecular complexity index is 1620. The third-order valence-corrected chi connectivity index (χ3v) is 10.4. The van der Waals surface area contributed by atoms with E-state index in [1.54, 1.807) is 0 Å². The first-order valence-electron chi connectivity index (χ1n) is 16.1. The van der Waals surface area contributed by atoms with E-state index in [0.717, 1.165) is 19.3 Å². The summed E-state index contributed by atoms with van der Waals surface area (Å²) >= 11 is 1.46. The second-order valence-corrected chi connectivity index (χ2v) is 15.7. The molecule has 46 heavy (non-hydrogen) atoms. The predicted octanol–water partition coefficient (Wildman–Crippen LogP) is 5.35. The second kappa shape index (κ2) is 14.9. The molecule has 0 fully saturated rings. The Labute approximate surface area is 306 Å². The molecule has 0 amide bonds. The zero-order chi connectivity index (χ0) is 31.9. The molecular weight excluding hydrogens is 679 g/mol. The van der Waals surface area contributed by atoms with E-state index in [4.69, 9.17) is 0 Å². The van der Waals surface area contributed by atoms with Crippen molar-refractivity contribution < 1.29 is 49.0 Å². The summed E-state index contributed by atoms with van der Waals surface area (Å²) in [6.45, 7) is 20.6. The first-order chi connectivity index (χ1) is 20.7. The van der Waals surface area contributed by atoms with Crippen LogP contribution in [0, 0.1) is 17.9 Å². The molecule has 0 bridgehead atoms. The van der Waals surface area contributed by atoms with Crippen LogP contribution in [0.1, 0.15) is 114 Å². The minimum absolute atomic E-state index is 0. The van der Waals surface area contributed by atoms with Crippen LogP contribution in [0.3, 0.4) is 0 Å². The van der Waals surface area contributed by atoms with Crippen LogP contribution in [0.4, 0.5) is 0 Å². The Balaban J connectivity index is 0.000000250. The molecule has 0 unspecified atom stereocenters. The monoisotopic (exact) mass is 724 g/mol. The van der Waals surface area contributed by atoms with Gasteiger partial charge in [-0.25, -0.2) is 18.6 Å². The topological polar surface area (TPSA) is 0 Å². The number of hydrogen-bond donors (Lipinski definition) is 0. The molecule has 3 heteroatoms. The molecule has 0 aromatic heterocycles. The van der Waals surface area contributed by atoms with Gasteiger partial charge >= 0.3 is 63.8 Å². The van der Waals surface area contributed by atoms with Gasteiger partial charge in [-0.1, -0.05) is 89.1 Å². The first kappa shape index (κ1) is 38.3. The van der Waals surface area contributed by atoms with Gasteiger partial charge in [0, 0.05) is 0 Å². The van der Waals surface area contributed by atoms with E-state index in [0.29, 0.717) is 5.41 Å². The van der Waals surface area contributed by atoms with Crippen LogP contribution < -0.4 is 24.8 Å². The van der Waals surface area contributed by atoms with Crippen LogP contribution in [0.2, 0.25) is 0 Å². The standard InChI is InChI=1S/C27H29.C9H13.C7H6.2ClH.Zr/c1-16-7-9-26(3,4)24-12-18-11-19-13-25-21(17(2)8-10-27(25,5)6)15-23(19)22(18)14-20(16)24;1-9(2,3)8-6-4-5-7-8;1-7-5-3-2-4-6-7;;;/h7-9,12-15H,10-11H2,1-6H3;6-7H,4H2,1-3H3;1-6H;2*1H;/q2*-1;;;;+2/p-2. The summed E-state index contributed by atoms with van der Waals surface area (Å²) in [5.74, 6) is 0. The molecule has 0 atom stereocenters. The molecule has 3 aromatic carbocycles. The molecule has 0 spiro atoms. The van der Waals surface area contributed by atoms with Crippen LogP contribution in [0.5, 0.6) is 0 Å². The van der Waals surface area contributed by atoms with Crippen molar-refractivity contribution in [3.05, 3.63) is 136 Å². The van der Waals surface area contributed by atoms with Gasteiger partial charge in [0.2, 0.25) is 0 Å². The molecule has 240 valence electrons. The van der Waals surface area contributed by atoms with E-state index < -0.39 is 0 Å². The van der Waals surface area contributed by atoms with Crippen molar-refractivity contribution in [1.29, 1.82) is 0 Å². The van der Waals surface area contributed by atoms with Gasteiger partial charge in [-0.3, -0.25) is 6.08 Å². The van der Waals surface area contributed by atoms with Crippen molar-refractivity contribution in [2.45, 2.75) is 92.4 Å². The Kier molecular flexibility index (Phi) is 12.4. The van der Waals surface area contributed by atoms with E-state index in [-0.39, 0.29) is 35.6 Å². The third-order valence-electron chi connectivity index (χ3n) is 9.63. The van der Waals surface area contributed by atoms with Crippen molar-refractivity contribution in [1.82, 2.24) is 0 Å². The molecule has 0 saturated carbocycles. The van der Waals surface area contributed by atoms with E-state index >= 15 is 0 Å². The number of halogens is 2. The van der Waals surface area contributed by atoms with Crippen LogP contribution in [0.25, 0.3) is 22.3 Å². The Morgan fingerprint density at radius 2 is 1.37 bits per heavy atom. The fraction of sp³-hybridized carbons (Fsp3) is 0.349. The van der Waals surface area contributed by atoms with Crippen molar-refractivity contribution >= 4 is 14.9 Å². The molecule has 0 aliphatic heterocycles. The van der Waals surface area contributed by atoms with Gasteiger partial charge in [-0.05, 0) is 70.2 Å². The van der Waals surface area contributed by atoms with Gasteiger partial charge in [0.1, 0.15) is 0 Å². The average molecular weight is 727 g/mol. The predicted molar refractivity (Wildman–Crippen MR) is 189 cm³/mol. The summed E-state index contributed by atoms with van der Waals surface area (Å²) in [6, 6.07) is 20.3. The van der Waals surface area contributed by atoms with Gasteiger partial charge in [-0.15, -0.1) is 18.9 Å². The summed E-state index contributed by atoms with van der Waals surface area (Å²) < 4.78 is 2.17. The number of hydrogen-bond acceptors (Lipinski definition) is 0. The Morgan fingerprint density at radius 1 is 0.783 bits per heavy atom. The number of benzene rings is 3. The number of rotatable bonds is 1. The van der Waals surface area contributed by atoms with Gasteiger partial charge < -0.3 is 24.8 Å². The van der Waals surface area contributed by atoms with Gasteiger partial charge in [0.05, 0.1) is 0 Å². The molecule has 0 heterocycles. The quantitative estimate of drug-likeness (QED) is 0.232. The van der Waals surface area contributed by atoms with E-state index in [9.17, 15) is 0 Å². The van der Waals surface area contributed by atoms with Crippen LogP contribution >= 0.6 is 0 Å². The first-order valence-corrected chi connectivity index (χ1v) is 17.5. The summed E-state index contributed by atoms with van der Waals surface area (Å²) in [7, 11) is 0. The number of fused-ring (bicyclic) bond motifs is 5. The second-order valence-electron chi connectivity index (χ2n) is 15.0. The molecule has 0 nitrogen and oxygen atoms in total. The minimum atomic E-state index is 0. The molecule has 0 N–H and O–H groups in total. The Hall–Kier alpha value is -2.18. The van der Waals surface area contributed by atoms with Crippen molar-refractivity contribution in [3.8, 4) is 11.1 Å². The van der Waals surface area contributed by atoms with E-state index in [2.05, 4.69) is 151 Å². The van der Waals surface area contributed by atoms with Crippen molar-refractivity contribution in [2.24, 2.45) is 5.41 Å². The fourth-order valence-electron chi connectivity index (χ4n) is 6.64. The summed E-state index contributed by atoms with van der Waals surface area (Å²) in [5.41, 5.74) is 18.0. The summed E-state index contributed by atoms with van der Waals surface area (Å²) in [6.07, 6.45) is 17.8. The van der Waals surface area contributed by atoms with Crippen molar-refractivity contribution in [3.63, 3.8) is 0 Å². The van der Waals surface area contributed by atoms with Crippen molar-refractivity contribution in [2.75, 3.05) is 0 Å².